The molecular weight excluding hydrogens is 484 g/mol. The molecule has 1 amide bonds. The van der Waals surface area contributed by atoms with Crippen molar-refractivity contribution in [2.75, 3.05) is 18.6 Å². The second-order valence-corrected chi connectivity index (χ2v) is 9.02. The number of amides is 1. The van der Waals surface area contributed by atoms with Gasteiger partial charge in [0.2, 0.25) is 0 Å². The fourth-order valence-corrected chi connectivity index (χ4v) is 4.93. The average molecular weight is 509 g/mol. The molecule has 1 aliphatic heterocycles. The van der Waals surface area contributed by atoms with Gasteiger partial charge in [-0.15, -0.1) is 0 Å². The molecule has 36 heavy (non-hydrogen) atoms. The monoisotopic (exact) mass is 508 g/mol. The predicted molar refractivity (Wildman–Crippen MR) is 133 cm³/mol. The number of hydrogen-bond acceptors (Lipinski definition) is 9. The van der Waals surface area contributed by atoms with E-state index in [0.29, 0.717) is 23.6 Å². The van der Waals surface area contributed by atoms with Crippen LogP contribution in [0.1, 0.15) is 45.9 Å². The van der Waals surface area contributed by atoms with Gasteiger partial charge in [-0.25, -0.2) is 9.78 Å². The van der Waals surface area contributed by atoms with Crippen LogP contribution in [0.2, 0.25) is 0 Å². The Hall–Kier alpha value is -4.18. The third kappa shape index (κ3) is 4.55. The number of carbonyl (C=O) groups excluding carboxylic acids is 3. The number of aliphatic hydroxyl groups excluding tert-OH is 1. The fourth-order valence-electron chi connectivity index (χ4n) is 3.92. The van der Waals surface area contributed by atoms with Crippen LogP contribution >= 0.6 is 11.3 Å². The van der Waals surface area contributed by atoms with E-state index < -0.39 is 29.5 Å². The number of aromatic hydroxyl groups is 1. The number of phenolic OH excluding ortho intramolecular Hbond substituents is 1. The van der Waals surface area contributed by atoms with Crippen molar-refractivity contribution in [1.82, 2.24) is 4.98 Å². The summed E-state index contributed by atoms with van der Waals surface area (Å²) in [5.74, 6) is -2.44. The molecule has 0 aliphatic carbocycles. The van der Waals surface area contributed by atoms with Gasteiger partial charge in [-0.2, -0.15) is 0 Å². The number of aliphatic hydroxyl groups is 1. The normalized spacial score (nSPS) is 16.9. The van der Waals surface area contributed by atoms with E-state index in [1.807, 2.05) is 6.92 Å². The zero-order valence-corrected chi connectivity index (χ0v) is 20.7. The van der Waals surface area contributed by atoms with E-state index in [1.54, 1.807) is 43.3 Å². The molecule has 9 nitrogen and oxygen atoms in total. The van der Waals surface area contributed by atoms with Crippen LogP contribution in [0.4, 0.5) is 5.13 Å². The third-order valence-electron chi connectivity index (χ3n) is 5.57. The van der Waals surface area contributed by atoms with Gasteiger partial charge in [0.1, 0.15) is 22.1 Å². The molecule has 1 saturated heterocycles. The number of thiazole rings is 1. The number of hydrogen-bond donors (Lipinski definition) is 2. The number of phenols is 1. The van der Waals surface area contributed by atoms with E-state index in [1.165, 1.54) is 19.2 Å². The molecule has 0 bridgehead atoms. The van der Waals surface area contributed by atoms with Gasteiger partial charge < -0.3 is 19.7 Å². The van der Waals surface area contributed by atoms with Crippen molar-refractivity contribution in [2.45, 2.75) is 26.3 Å². The molecule has 1 aromatic heterocycles. The fraction of sp³-hybridized carbons (Fsp3) is 0.231. The van der Waals surface area contributed by atoms with Gasteiger partial charge in [-0.3, -0.25) is 14.5 Å². The Kier molecular flexibility index (Phi) is 7.07. The van der Waals surface area contributed by atoms with Crippen LogP contribution in [0.3, 0.4) is 0 Å². The summed E-state index contributed by atoms with van der Waals surface area (Å²) in [4.78, 5) is 44.4. The summed E-state index contributed by atoms with van der Waals surface area (Å²) >= 11 is 0.899. The van der Waals surface area contributed by atoms with Crippen LogP contribution in [-0.4, -0.2) is 46.6 Å². The van der Waals surface area contributed by atoms with Crippen LogP contribution < -0.4 is 9.64 Å². The van der Waals surface area contributed by atoms with Crippen LogP contribution in [0.15, 0.2) is 54.1 Å². The number of carbonyl (C=O) groups is 3. The zero-order chi connectivity index (χ0) is 26.0. The van der Waals surface area contributed by atoms with Gasteiger partial charge in [0.25, 0.3) is 5.78 Å². The minimum Gasteiger partial charge on any atom is -0.508 e. The maximum atomic E-state index is 13.3. The van der Waals surface area contributed by atoms with Gasteiger partial charge in [0.05, 0.1) is 31.0 Å². The molecule has 0 radical (unpaired) electrons. The molecule has 0 spiro atoms. The quantitative estimate of drug-likeness (QED) is 0.209. The number of methoxy groups -OCH3 is 1. The highest BCUT2D eigenvalue weighted by atomic mass is 32.1. The van der Waals surface area contributed by atoms with Gasteiger partial charge in [0, 0.05) is 5.56 Å². The lowest BCUT2D eigenvalue weighted by atomic mass is 9.95. The maximum absolute atomic E-state index is 13.3. The minimum atomic E-state index is -1.10. The van der Waals surface area contributed by atoms with Gasteiger partial charge in [-0.05, 0) is 43.2 Å². The van der Waals surface area contributed by atoms with E-state index in [-0.39, 0.29) is 26.9 Å². The number of nitrogens with zero attached hydrogens (tertiary/aromatic N) is 2. The van der Waals surface area contributed by atoms with Gasteiger partial charge in [0.15, 0.2) is 5.13 Å². The summed E-state index contributed by atoms with van der Waals surface area (Å²) in [5.41, 5.74) is 0.823. The number of Topliss-reactive ketones (excluding diaryl/α,β-unsaturated/α-hetero) is 1. The number of anilines is 1. The highest BCUT2D eigenvalue weighted by Crippen LogP contribution is 2.44. The number of esters is 1. The Morgan fingerprint density at radius 3 is 2.61 bits per heavy atom. The summed E-state index contributed by atoms with van der Waals surface area (Å²) in [5, 5.41) is 21.5. The molecule has 186 valence electrons. The molecule has 10 heteroatoms. The van der Waals surface area contributed by atoms with Crippen LogP contribution in [0.5, 0.6) is 11.5 Å². The number of ether oxygens (including phenoxy) is 2. The first kappa shape index (κ1) is 24.9. The van der Waals surface area contributed by atoms with Crippen LogP contribution in [-0.2, 0) is 14.3 Å². The molecule has 2 heterocycles. The van der Waals surface area contributed by atoms with Crippen molar-refractivity contribution >= 4 is 39.9 Å². The Morgan fingerprint density at radius 1 is 1.17 bits per heavy atom. The topological polar surface area (TPSA) is 126 Å². The molecule has 1 unspecified atom stereocenters. The van der Waals surface area contributed by atoms with Gasteiger partial charge >= 0.3 is 11.9 Å². The van der Waals surface area contributed by atoms with Crippen molar-refractivity contribution in [1.29, 1.82) is 0 Å². The highest BCUT2D eigenvalue weighted by Gasteiger charge is 2.48. The number of rotatable bonds is 7. The minimum absolute atomic E-state index is 0.0846. The van der Waals surface area contributed by atoms with E-state index in [0.717, 1.165) is 22.7 Å². The second kappa shape index (κ2) is 10.2. The summed E-state index contributed by atoms with van der Waals surface area (Å²) in [7, 11) is 1.23. The lowest BCUT2D eigenvalue weighted by molar-refractivity contribution is -0.132. The van der Waals surface area contributed by atoms with Gasteiger partial charge in [-0.1, -0.05) is 42.5 Å². The average Bonchev–Trinajstić information content (AvgIpc) is 3.38. The van der Waals surface area contributed by atoms with Crippen molar-refractivity contribution in [3.05, 3.63) is 75.8 Å². The van der Waals surface area contributed by atoms with Crippen molar-refractivity contribution in [3.8, 4) is 11.5 Å². The molecule has 1 atom stereocenters. The Morgan fingerprint density at radius 2 is 1.92 bits per heavy atom. The van der Waals surface area contributed by atoms with Crippen molar-refractivity contribution < 1.29 is 34.1 Å². The highest BCUT2D eigenvalue weighted by molar-refractivity contribution is 7.17. The molecule has 1 aliphatic rings. The molecular formula is C26H24N2O7S. The summed E-state index contributed by atoms with van der Waals surface area (Å²) in [6.45, 7) is 4.03. The van der Waals surface area contributed by atoms with Crippen molar-refractivity contribution in [2.24, 2.45) is 0 Å². The second-order valence-electron chi connectivity index (χ2n) is 8.04. The van der Waals surface area contributed by atoms with E-state index in [4.69, 9.17) is 9.47 Å². The molecule has 1 fully saturated rings. The first-order chi connectivity index (χ1) is 17.3. The van der Waals surface area contributed by atoms with Crippen LogP contribution in [0.25, 0.3) is 5.76 Å². The third-order valence-corrected chi connectivity index (χ3v) is 6.71. The van der Waals surface area contributed by atoms with E-state index in [2.05, 4.69) is 4.98 Å². The number of aryl methyl sites for hydroxylation is 1. The molecule has 3 aromatic rings. The lowest BCUT2D eigenvalue weighted by Crippen LogP contribution is -2.29. The van der Waals surface area contributed by atoms with Crippen molar-refractivity contribution in [3.63, 3.8) is 0 Å². The largest absolute Gasteiger partial charge is 0.508 e. The molecule has 0 saturated carbocycles. The lowest BCUT2D eigenvalue weighted by Gasteiger charge is -2.23. The maximum Gasteiger partial charge on any atom is 0.350 e. The molecule has 2 N–H and O–H groups in total. The van der Waals surface area contributed by atoms with E-state index >= 15 is 0 Å². The Balaban J connectivity index is 1.90. The predicted octanol–water partition coefficient (Wildman–Crippen LogP) is 4.36. The standard InChI is InChI=1S/C26H24N2O7S/c1-4-11-35-18-10-6-8-16(13-18)21(30)19-20(15-7-5-9-17(29)12-15)28(24(32)22(19)31)26-27-14(2)23(36-26)25(33)34-3/h5-10,12-13,20,29-30H,4,11H2,1-3H3/b21-19+. The Bertz CT molecular complexity index is 1380. The first-order valence-corrected chi connectivity index (χ1v) is 12.0. The number of ketones is 1. The summed E-state index contributed by atoms with van der Waals surface area (Å²) in [6.07, 6.45) is 0.791. The zero-order valence-electron chi connectivity index (χ0n) is 19.8. The first-order valence-electron chi connectivity index (χ1n) is 11.2. The SMILES string of the molecule is CCCOc1cccc(/C(O)=C2\C(=O)C(=O)N(c3nc(C)c(C(=O)OC)s3)C2c2cccc(O)c2)c1. The number of benzene rings is 2. The Labute approximate surface area is 211 Å². The molecule has 2 aromatic carbocycles. The van der Waals surface area contributed by atoms with E-state index in [9.17, 15) is 24.6 Å². The molecule has 4 rings (SSSR count). The smallest absolute Gasteiger partial charge is 0.350 e. The van der Waals surface area contributed by atoms with Crippen LogP contribution in [0, 0.1) is 6.92 Å². The summed E-state index contributed by atoms with van der Waals surface area (Å²) < 4.78 is 10.4. The summed E-state index contributed by atoms with van der Waals surface area (Å²) in [6, 6.07) is 11.5. The number of aromatic nitrogens is 1.